The summed E-state index contributed by atoms with van der Waals surface area (Å²) in [5, 5.41) is 7.57. The molecule has 6 nitrogen and oxygen atoms in total. The van der Waals surface area contributed by atoms with Gasteiger partial charge in [0, 0.05) is 23.6 Å². The van der Waals surface area contributed by atoms with Gasteiger partial charge in [-0.05, 0) is 36.4 Å². The maximum absolute atomic E-state index is 14.0. The summed E-state index contributed by atoms with van der Waals surface area (Å²) < 4.78 is 19.1. The Morgan fingerprint density at radius 3 is 2.64 bits per heavy atom. The molecule has 144 valence electrons. The summed E-state index contributed by atoms with van der Waals surface area (Å²) in [5.74, 6) is -1.15. The second kappa shape index (κ2) is 8.37. The highest BCUT2D eigenvalue weighted by atomic mass is 35.5. The lowest BCUT2D eigenvalue weighted by Crippen LogP contribution is -2.15. The Morgan fingerprint density at radius 1 is 1.18 bits per heavy atom. The summed E-state index contributed by atoms with van der Waals surface area (Å²) in [4.78, 5) is 27.9. The molecule has 0 bridgehead atoms. The maximum Gasteiger partial charge on any atom is 0.260 e. The molecule has 2 amide bonds. The van der Waals surface area contributed by atoms with Gasteiger partial charge in [-0.25, -0.2) is 9.37 Å². The fourth-order valence-electron chi connectivity index (χ4n) is 2.43. The number of halogens is 2. The normalized spacial score (nSPS) is 10.4. The third kappa shape index (κ3) is 4.47. The number of rotatable bonds is 5. The van der Waals surface area contributed by atoms with E-state index in [2.05, 4.69) is 15.6 Å². The Morgan fingerprint density at radius 2 is 1.96 bits per heavy atom. The number of benzene rings is 2. The van der Waals surface area contributed by atoms with Crippen molar-refractivity contribution in [2.24, 2.45) is 0 Å². The highest BCUT2D eigenvalue weighted by Gasteiger charge is 2.16. The number of amides is 2. The first-order chi connectivity index (χ1) is 13.4. The van der Waals surface area contributed by atoms with Gasteiger partial charge in [-0.1, -0.05) is 11.6 Å². The monoisotopic (exact) mass is 419 g/mol. The van der Waals surface area contributed by atoms with Gasteiger partial charge in [0.15, 0.2) is 5.13 Å². The molecule has 2 N–H and O–H groups in total. The maximum atomic E-state index is 14.0. The van der Waals surface area contributed by atoms with Crippen molar-refractivity contribution >= 4 is 45.6 Å². The molecule has 0 radical (unpaired) electrons. The number of ether oxygens (including phenoxy) is 1. The van der Waals surface area contributed by atoms with Crippen LogP contribution in [-0.4, -0.2) is 23.9 Å². The van der Waals surface area contributed by atoms with Crippen LogP contribution in [0.15, 0.2) is 41.8 Å². The number of thiazole rings is 1. The van der Waals surface area contributed by atoms with Gasteiger partial charge >= 0.3 is 0 Å². The Balaban J connectivity index is 1.79. The number of methoxy groups -OCH3 is 1. The number of hydrogen-bond donors (Lipinski definition) is 2. The molecule has 0 atom stereocenters. The van der Waals surface area contributed by atoms with Crippen molar-refractivity contribution in [1.82, 2.24) is 4.98 Å². The van der Waals surface area contributed by atoms with E-state index in [4.69, 9.17) is 16.3 Å². The molecule has 0 spiro atoms. The molecule has 0 unspecified atom stereocenters. The van der Waals surface area contributed by atoms with Crippen molar-refractivity contribution in [3.8, 4) is 17.0 Å². The lowest BCUT2D eigenvalue weighted by atomic mass is 10.1. The zero-order valence-corrected chi connectivity index (χ0v) is 16.5. The molecule has 9 heteroatoms. The van der Waals surface area contributed by atoms with Crippen molar-refractivity contribution in [3.63, 3.8) is 0 Å². The number of anilines is 2. The fourth-order valence-corrected chi connectivity index (χ4v) is 3.41. The first-order valence-corrected chi connectivity index (χ1v) is 9.31. The lowest BCUT2D eigenvalue weighted by molar-refractivity contribution is -0.114. The molecule has 0 saturated carbocycles. The smallest absolute Gasteiger partial charge is 0.260 e. The van der Waals surface area contributed by atoms with Crippen molar-refractivity contribution < 1.29 is 18.7 Å². The predicted octanol–water partition coefficient (Wildman–Crippen LogP) is 4.82. The Labute approximate surface area is 169 Å². The van der Waals surface area contributed by atoms with Crippen LogP contribution in [0.3, 0.4) is 0 Å². The van der Waals surface area contributed by atoms with Crippen molar-refractivity contribution in [3.05, 3.63) is 58.2 Å². The third-order valence-electron chi connectivity index (χ3n) is 3.70. The van der Waals surface area contributed by atoms with E-state index in [0.29, 0.717) is 27.3 Å². The summed E-state index contributed by atoms with van der Waals surface area (Å²) in [6, 6.07) is 8.98. The van der Waals surface area contributed by atoms with Crippen LogP contribution in [0.1, 0.15) is 17.3 Å². The number of nitrogens with one attached hydrogen (secondary N) is 2. The summed E-state index contributed by atoms with van der Waals surface area (Å²) in [6.45, 7) is 1.33. The van der Waals surface area contributed by atoms with Gasteiger partial charge in [-0.15, -0.1) is 11.3 Å². The third-order valence-corrected chi connectivity index (χ3v) is 4.76. The summed E-state index contributed by atoms with van der Waals surface area (Å²) >= 11 is 7.32. The Kier molecular flexibility index (Phi) is 5.91. The zero-order chi connectivity index (χ0) is 20.3. The standard InChI is InChI=1S/C19H15ClFN3O3S/c1-10(25)22-12-4-5-15(21)13(8-12)18(26)24-19-23-16(9-28-19)11-3-6-17(27-2)14(20)7-11/h3-9H,1-2H3,(H,22,25)(H,23,24,26). The van der Waals surface area contributed by atoms with E-state index in [0.717, 1.165) is 11.6 Å². The minimum absolute atomic E-state index is 0.199. The number of carbonyl (C=O) groups excluding carboxylic acids is 2. The highest BCUT2D eigenvalue weighted by Crippen LogP contribution is 2.32. The fraction of sp³-hybridized carbons (Fsp3) is 0.105. The van der Waals surface area contributed by atoms with E-state index in [9.17, 15) is 14.0 Å². The minimum Gasteiger partial charge on any atom is -0.495 e. The first-order valence-electron chi connectivity index (χ1n) is 8.05. The number of carbonyl (C=O) groups is 2. The molecule has 3 aromatic rings. The van der Waals surface area contributed by atoms with Crippen LogP contribution >= 0.6 is 22.9 Å². The number of aromatic nitrogens is 1. The molecular weight excluding hydrogens is 405 g/mol. The topological polar surface area (TPSA) is 80.3 Å². The van der Waals surface area contributed by atoms with Crippen molar-refractivity contribution in [1.29, 1.82) is 0 Å². The van der Waals surface area contributed by atoms with Crippen molar-refractivity contribution in [2.75, 3.05) is 17.7 Å². The van der Waals surface area contributed by atoms with E-state index < -0.39 is 11.7 Å². The zero-order valence-electron chi connectivity index (χ0n) is 14.9. The van der Waals surface area contributed by atoms with Gasteiger partial charge in [0.25, 0.3) is 5.91 Å². The van der Waals surface area contributed by atoms with Crippen LogP contribution in [0.2, 0.25) is 5.02 Å². The van der Waals surface area contributed by atoms with Crippen LogP contribution in [0.25, 0.3) is 11.3 Å². The van der Waals surface area contributed by atoms with E-state index in [1.807, 2.05) is 0 Å². The Hall–Kier alpha value is -2.97. The predicted molar refractivity (Wildman–Crippen MR) is 108 cm³/mol. The quantitative estimate of drug-likeness (QED) is 0.621. The van der Waals surface area contributed by atoms with Crippen LogP contribution in [0.4, 0.5) is 15.2 Å². The van der Waals surface area contributed by atoms with Gasteiger partial charge in [-0.3, -0.25) is 14.9 Å². The van der Waals surface area contributed by atoms with E-state index in [-0.39, 0.29) is 11.5 Å². The molecule has 0 saturated heterocycles. The van der Waals surface area contributed by atoms with Crippen molar-refractivity contribution in [2.45, 2.75) is 6.92 Å². The van der Waals surface area contributed by atoms with E-state index >= 15 is 0 Å². The molecule has 0 fully saturated rings. The average Bonchev–Trinajstić information content (AvgIpc) is 3.11. The summed E-state index contributed by atoms with van der Waals surface area (Å²) in [5.41, 5.74) is 1.49. The van der Waals surface area contributed by atoms with Gasteiger partial charge in [0.2, 0.25) is 5.91 Å². The summed E-state index contributed by atoms with van der Waals surface area (Å²) in [7, 11) is 1.53. The molecule has 0 aliphatic rings. The van der Waals surface area contributed by atoms with E-state index in [1.165, 1.54) is 37.5 Å². The largest absolute Gasteiger partial charge is 0.495 e. The SMILES string of the molecule is COc1ccc(-c2csc(NC(=O)c3cc(NC(C)=O)ccc3F)n2)cc1Cl. The molecule has 0 aliphatic carbocycles. The van der Waals surface area contributed by atoms with Gasteiger partial charge in [0.1, 0.15) is 11.6 Å². The average molecular weight is 420 g/mol. The second-order valence-electron chi connectivity index (χ2n) is 5.72. The number of nitrogens with zero attached hydrogens (tertiary/aromatic N) is 1. The molecule has 0 aliphatic heterocycles. The van der Waals surface area contributed by atoms with Gasteiger partial charge in [0.05, 0.1) is 23.4 Å². The summed E-state index contributed by atoms with van der Waals surface area (Å²) in [6.07, 6.45) is 0. The molecular formula is C19H15ClFN3O3S. The van der Waals surface area contributed by atoms with Crippen LogP contribution in [-0.2, 0) is 4.79 Å². The molecule has 1 heterocycles. The van der Waals surface area contributed by atoms with Crippen LogP contribution in [0, 0.1) is 5.82 Å². The van der Waals surface area contributed by atoms with Gasteiger partial charge in [-0.2, -0.15) is 0 Å². The minimum atomic E-state index is -0.703. The molecule has 28 heavy (non-hydrogen) atoms. The molecule has 3 rings (SSSR count). The first kappa shape index (κ1) is 19.8. The molecule has 1 aromatic heterocycles. The van der Waals surface area contributed by atoms with Gasteiger partial charge < -0.3 is 10.1 Å². The Bertz CT molecular complexity index is 1050. The molecule has 2 aromatic carbocycles. The van der Waals surface area contributed by atoms with Crippen LogP contribution in [0.5, 0.6) is 5.75 Å². The second-order valence-corrected chi connectivity index (χ2v) is 6.98. The lowest BCUT2D eigenvalue weighted by Gasteiger charge is -2.07. The number of hydrogen-bond acceptors (Lipinski definition) is 5. The van der Waals surface area contributed by atoms with E-state index in [1.54, 1.807) is 23.6 Å². The highest BCUT2D eigenvalue weighted by molar-refractivity contribution is 7.14. The van der Waals surface area contributed by atoms with Crippen LogP contribution < -0.4 is 15.4 Å².